The van der Waals surface area contributed by atoms with Gasteiger partial charge in [-0.15, -0.1) is 0 Å². The van der Waals surface area contributed by atoms with Crippen LogP contribution in [0, 0.1) is 0 Å². The van der Waals surface area contributed by atoms with Crippen LogP contribution in [0.1, 0.15) is 40.5 Å². The first-order valence-corrected chi connectivity index (χ1v) is 5.78. The summed E-state index contributed by atoms with van der Waals surface area (Å²) in [5.41, 5.74) is 0.240. The Labute approximate surface area is 92.9 Å². The highest BCUT2D eigenvalue weighted by molar-refractivity contribution is 4.81. The maximum absolute atomic E-state index is 4.19. The molecule has 1 N–H and O–H groups in total. The van der Waals surface area contributed by atoms with Gasteiger partial charge < -0.3 is 5.32 Å². The van der Waals surface area contributed by atoms with Gasteiger partial charge in [0.15, 0.2) is 0 Å². The third-order valence-corrected chi connectivity index (χ3v) is 2.87. The Morgan fingerprint density at radius 3 is 2.73 bits per heavy atom. The lowest BCUT2D eigenvalue weighted by Gasteiger charge is -2.29. The highest BCUT2D eigenvalue weighted by Crippen LogP contribution is 2.09. The Kier molecular flexibility index (Phi) is 4.33. The minimum atomic E-state index is 0.240. The number of aryl methyl sites for hydroxylation is 1. The van der Waals surface area contributed by atoms with Crippen LogP contribution in [0.25, 0.3) is 0 Å². The molecule has 1 rings (SSSR count). The van der Waals surface area contributed by atoms with Crippen LogP contribution in [-0.2, 0) is 6.54 Å². The van der Waals surface area contributed by atoms with Crippen LogP contribution in [0.3, 0.4) is 0 Å². The van der Waals surface area contributed by atoms with Gasteiger partial charge in [0.25, 0.3) is 0 Å². The number of nitrogens with zero attached hydrogens (tertiary/aromatic N) is 2. The molecular formula is C12H23N3. The van der Waals surface area contributed by atoms with Gasteiger partial charge in [0.1, 0.15) is 0 Å². The first-order chi connectivity index (χ1) is 7.03. The molecule has 1 aromatic heterocycles. The number of nitrogens with one attached hydrogen (secondary N) is 1. The van der Waals surface area contributed by atoms with Crippen molar-refractivity contribution in [2.45, 2.75) is 58.7 Å². The molecule has 3 heteroatoms. The van der Waals surface area contributed by atoms with Crippen LogP contribution in [0.5, 0.6) is 0 Å². The first-order valence-electron chi connectivity index (χ1n) is 5.78. The molecule has 0 saturated carbocycles. The zero-order chi connectivity index (χ0) is 11.3. The molecular weight excluding hydrogens is 186 g/mol. The summed E-state index contributed by atoms with van der Waals surface area (Å²) in [7, 11) is 0. The maximum Gasteiger partial charge on any atom is 0.0489 e. The molecule has 86 valence electrons. The summed E-state index contributed by atoms with van der Waals surface area (Å²) in [4.78, 5) is 0. The van der Waals surface area contributed by atoms with Crippen molar-refractivity contribution in [2.75, 3.05) is 0 Å². The molecule has 3 nitrogen and oxygen atoms in total. The van der Waals surface area contributed by atoms with Crippen LogP contribution < -0.4 is 5.32 Å². The van der Waals surface area contributed by atoms with Crippen LogP contribution in [0.15, 0.2) is 18.5 Å². The molecule has 1 atom stereocenters. The predicted molar refractivity (Wildman–Crippen MR) is 63.8 cm³/mol. The Hall–Kier alpha value is -0.830. The molecule has 0 radical (unpaired) electrons. The van der Waals surface area contributed by atoms with E-state index in [4.69, 9.17) is 0 Å². The SMILES string of the molecule is CCC(C)(C)NC(C)CCn1cccn1. The molecule has 0 amide bonds. The van der Waals surface area contributed by atoms with E-state index in [1.807, 2.05) is 23.1 Å². The summed E-state index contributed by atoms with van der Waals surface area (Å²) in [5, 5.41) is 7.82. The minimum Gasteiger partial charge on any atom is -0.309 e. The molecule has 0 spiro atoms. The van der Waals surface area contributed by atoms with Gasteiger partial charge in [0, 0.05) is 30.5 Å². The molecule has 1 unspecified atom stereocenters. The number of aromatic nitrogens is 2. The van der Waals surface area contributed by atoms with E-state index in [0.29, 0.717) is 6.04 Å². The molecule has 0 saturated heterocycles. The van der Waals surface area contributed by atoms with Gasteiger partial charge >= 0.3 is 0 Å². The van der Waals surface area contributed by atoms with Crippen molar-refractivity contribution in [2.24, 2.45) is 0 Å². The van der Waals surface area contributed by atoms with Crippen molar-refractivity contribution in [1.82, 2.24) is 15.1 Å². The Bertz CT molecular complexity index is 264. The predicted octanol–water partition coefficient (Wildman–Crippen LogP) is 2.44. The van der Waals surface area contributed by atoms with E-state index in [0.717, 1.165) is 19.4 Å². The summed E-state index contributed by atoms with van der Waals surface area (Å²) in [5.74, 6) is 0. The fourth-order valence-electron chi connectivity index (χ4n) is 1.60. The third kappa shape index (κ3) is 4.47. The summed E-state index contributed by atoms with van der Waals surface area (Å²) >= 11 is 0. The largest absolute Gasteiger partial charge is 0.309 e. The van der Waals surface area contributed by atoms with Crippen LogP contribution in [-0.4, -0.2) is 21.4 Å². The van der Waals surface area contributed by atoms with E-state index in [1.165, 1.54) is 0 Å². The van der Waals surface area contributed by atoms with E-state index in [-0.39, 0.29) is 5.54 Å². The fraction of sp³-hybridized carbons (Fsp3) is 0.750. The first kappa shape index (κ1) is 12.2. The summed E-state index contributed by atoms with van der Waals surface area (Å²) in [6.45, 7) is 9.93. The lowest BCUT2D eigenvalue weighted by Crippen LogP contribution is -2.44. The van der Waals surface area contributed by atoms with Crippen LogP contribution in [0.4, 0.5) is 0 Å². The number of hydrogen-bond donors (Lipinski definition) is 1. The normalized spacial score (nSPS) is 14.1. The van der Waals surface area contributed by atoms with E-state index >= 15 is 0 Å². The second-order valence-corrected chi connectivity index (χ2v) is 4.84. The Morgan fingerprint density at radius 1 is 1.47 bits per heavy atom. The van der Waals surface area contributed by atoms with Gasteiger partial charge in [0.2, 0.25) is 0 Å². The smallest absolute Gasteiger partial charge is 0.0489 e. The number of hydrogen-bond acceptors (Lipinski definition) is 2. The van der Waals surface area contributed by atoms with Crippen molar-refractivity contribution >= 4 is 0 Å². The topological polar surface area (TPSA) is 29.9 Å². The standard InChI is InChI=1S/C12H23N3/c1-5-12(3,4)14-11(2)7-10-15-9-6-8-13-15/h6,8-9,11,14H,5,7,10H2,1-4H3. The van der Waals surface area contributed by atoms with E-state index in [9.17, 15) is 0 Å². The maximum atomic E-state index is 4.19. The molecule has 0 bridgehead atoms. The summed E-state index contributed by atoms with van der Waals surface area (Å²) in [6, 6.07) is 2.50. The highest BCUT2D eigenvalue weighted by atomic mass is 15.3. The lowest BCUT2D eigenvalue weighted by atomic mass is 10.00. The molecule has 0 aliphatic rings. The van der Waals surface area contributed by atoms with E-state index < -0.39 is 0 Å². The zero-order valence-electron chi connectivity index (χ0n) is 10.3. The zero-order valence-corrected chi connectivity index (χ0v) is 10.3. The molecule has 0 aliphatic heterocycles. The second kappa shape index (κ2) is 5.31. The van der Waals surface area contributed by atoms with Crippen molar-refractivity contribution in [3.8, 4) is 0 Å². The molecule has 0 fully saturated rings. The van der Waals surface area contributed by atoms with Gasteiger partial charge in [-0.05, 0) is 39.7 Å². The summed E-state index contributed by atoms with van der Waals surface area (Å²) < 4.78 is 1.98. The average molecular weight is 209 g/mol. The van der Waals surface area contributed by atoms with Crippen molar-refractivity contribution in [1.29, 1.82) is 0 Å². The molecule has 0 aromatic carbocycles. The van der Waals surface area contributed by atoms with Crippen LogP contribution in [0.2, 0.25) is 0 Å². The monoisotopic (exact) mass is 209 g/mol. The van der Waals surface area contributed by atoms with E-state index in [1.54, 1.807) is 0 Å². The Balaban J connectivity index is 2.27. The molecule has 0 aliphatic carbocycles. The Morgan fingerprint density at radius 2 is 2.20 bits per heavy atom. The molecule has 1 heterocycles. The molecule has 15 heavy (non-hydrogen) atoms. The van der Waals surface area contributed by atoms with Gasteiger partial charge in [-0.25, -0.2) is 0 Å². The lowest BCUT2D eigenvalue weighted by molar-refractivity contribution is 0.315. The van der Waals surface area contributed by atoms with Crippen molar-refractivity contribution in [3.63, 3.8) is 0 Å². The van der Waals surface area contributed by atoms with E-state index in [2.05, 4.69) is 38.1 Å². The quantitative estimate of drug-likeness (QED) is 0.780. The van der Waals surface area contributed by atoms with Gasteiger partial charge in [0.05, 0.1) is 0 Å². The van der Waals surface area contributed by atoms with Crippen molar-refractivity contribution in [3.05, 3.63) is 18.5 Å². The second-order valence-electron chi connectivity index (χ2n) is 4.84. The van der Waals surface area contributed by atoms with Crippen LogP contribution >= 0.6 is 0 Å². The highest BCUT2D eigenvalue weighted by Gasteiger charge is 2.16. The average Bonchev–Trinajstić information content (AvgIpc) is 2.66. The third-order valence-electron chi connectivity index (χ3n) is 2.87. The van der Waals surface area contributed by atoms with Gasteiger partial charge in [-0.3, -0.25) is 4.68 Å². The summed E-state index contributed by atoms with van der Waals surface area (Å²) in [6.07, 6.45) is 6.11. The van der Waals surface area contributed by atoms with Gasteiger partial charge in [-0.1, -0.05) is 6.92 Å². The fourth-order valence-corrected chi connectivity index (χ4v) is 1.60. The van der Waals surface area contributed by atoms with Crippen molar-refractivity contribution < 1.29 is 0 Å². The molecule has 1 aromatic rings. The van der Waals surface area contributed by atoms with Gasteiger partial charge in [-0.2, -0.15) is 5.10 Å². The number of rotatable bonds is 6. The minimum absolute atomic E-state index is 0.240.